The second-order valence-electron chi connectivity index (χ2n) is 6.82. The Labute approximate surface area is 139 Å². The summed E-state index contributed by atoms with van der Waals surface area (Å²) in [4.78, 5) is 2.36. The number of nitrogens with zero attached hydrogens (tertiary/aromatic N) is 1. The first kappa shape index (κ1) is 16.7. The summed E-state index contributed by atoms with van der Waals surface area (Å²) in [6, 6.07) is 7.50. The molecule has 0 aliphatic carbocycles. The molecule has 1 N–H and O–H groups in total. The highest BCUT2D eigenvalue weighted by molar-refractivity contribution is 5.46. The van der Waals surface area contributed by atoms with Gasteiger partial charge in [0, 0.05) is 31.4 Å². The number of anilines is 1. The van der Waals surface area contributed by atoms with Crippen molar-refractivity contribution in [3.05, 3.63) is 30.1 Å². The van der Waals surface area contributed by atoms with Crippen LogP contribution in [0, 0.1) is 5.82 Å². The Kier molecular flexibility index (Phi) is 6.29. The third-order valence-electron chi connectivity index (χ3n) is 5.10. The Bertz CT molecular complexity index is 451. The minimum absolute atomic E-state index is 0.159. The van der Waals surface area contributed by atoms with E-state index in [0.717, 1.165) is 31.9 Å². The summed E-state index contributed by atoms with van der Waals surface area (Å²) in [5.41, 5.74) is 1.14. The zero-order valence-electron chi connectivity index (χ0n) is 14.0. The number of unbranched alkanes of at least 4 members (excludes halogenated alkanes) is 1. The quantitative estimate of drug-likeness (QED) is 0.775. The number of ether oxygens (including phenoxy) is 1. The van der Waals surface area contributed by atoms with Crippen molar-refractivity contribution in [1.29, 1.82) is 0 Å². The molecule has 0 aromatic heterocycles. The van der Waals surface area contributed by atoms with Gasteiger partial charge in [-0.1, -0.05) is 0 Å². The number of hydrogen-bond donors (Lipinski definition) is 1. The molecule has 0 bridgehead atoms. The Morgan fingerprint density at radius 3 is 2.57 bits per heavy atom. The lowest BCUT2D eigenvalue weighted by Crippen LogP contribution is -2.42. The van der Waals surface area contributed by atoms with Gasteiger partial charge in [0.2, 0.25) is 0 Å². The van der Waals surface area contributed by atoms with Crippen LogP contribution in [0.5, 0.6) is 0 Å². The van der Waals surface area contributed by atoms with Crippen LogP contribution in [0.25, 0.3) is 0 Å². The van der Waals surface area contributed by atoms with Crippen molar-refractivity contribution < 1.29 is 9.13 Å². The molecule has 128 valence electrons. The highest BCUT2D eigenvalue weighted by Crippen LogP contribution is 2.21. The molecule has 0 spiro atoms. The molecule has 4 heteroatoms. The maximum absolute atomic E-state index is 13.0. The van der Waals surface area contributed by atoms with Gasteiger partial charge in [-0.15, -0.1) is 0 Å². The van der Waals surface area contributed by atoms with Crippen molar-refractivity contribution in [3.63, 3.8) is 0 Å². The molecule has 2 heterocycles. The van der Waals surface area contributed by atoms with Crippen LogP contribution in [-0.4, -0.2) is 38.4 Å². The van der Waals surface area contributed by atoms with Crippen LogP contribution in [0.1, 0.15) is 44.9 Å². The third-order valence-corrected chi connectivity index (χ3v) is 5.10. The van der Waals surface area contributed by atoms with Crippen LogP contribution >= 0.6 is 0 Å². The SMILES string of the molecule is Fc1ccc(N2CCC(NCCCC[C@@H]3CCCO3)CC2)cc1. The number of piperidine rings is 1. The minimum atomic E-state index is -0.159. The molecule has 0 amide bonds. The first-order valence-electron chi connectivity index (χ1n) is 9.17. The Morgan fingerprint density at radius 1 is 1.09 bits per heavy atom. The minimum Gasteiger partial charge on any atom is -0.378 e. The van der Waals surface area contributed by atoms with E-state index in [-0.39, 0.29) is 5.82 Å². The van der Waals surface area contributed by atoms with Crippen LogP contribution in [0.2, 0.25) is 0 Å². The molecule has 3 nitrogen and oxygen atoms in total. The largest absolute Gasteiger partial charge is 0.378 e. The van der Waals surface area contributed by atoms with Crippen molar-refractivity contribution in [2.24, 2.45) is 0 Å². The molecular formula is C19H29FN2O. The Morgan fingerprint density at radius 2 is 1.87 bits per heavy atom. The lowest BCUT2D eigenvalue weighted by atomic mass is 10.0. The second-order valence-corrected chi connectivity index (χ2v) is 6.82. The van der Waals surface area contributed by atoms with Gasteiger partial charge in [-0.05, 0) is 75.8 Å². The third kappa shape index (κ3) is 5.18. The summed E-state index contributed by atoms with van der Waals surface area (Å²) in [5.74, 6) is -0.159. The van der Waals surface area contributed by atoms with Crippen LogP contribution in [-0.2, 0) is 4.74 Å². The van der Waals surface area contributed by atoms with Crippen molar-refractivity contribution in [1.82, 2.24) is 5.32 Å². The zero-order valence-corrected chi connectivity index (χ0v) is 14.0. The maximum atomic E-state index is 13.0. The zero-order chi connectivity index (χ0) is 15.9. The van der Waals surface area contributed by atoms with Gasteiger partial charge in [-0.25, -0.2) is 4.39 Å². The predicted octanol–water partition coefficient (Wildman–Crippen LogP) is 3.73. The standard InChI is InChI=1S/C19H29FN2O/c20-16-6-8-18(9-7-16)22-13-10-17(11-14-22)21-12-2-1-4-19-5-3-15-23-19/h6-9,17,19,21H,1-5,10-15H2/t19-/m1/s1. The van der Waals surface area contributed by atoms with Gasteiger partial charge in [-0.3, -0.25) is 0 Å². The average Bonchev–Trinajstić information content (AvgIpc) is 3.09. The van der Waals surface area contributed by atoms with Gasteiger partial charge in [0.25, 0.3) is 0 Å². The second kappa shape index (κ2) is 8.65. The van der Waals surface area contributed by atoms with E-state index in [0.29, 0.717) is 12.1 Å². The van der Waals surface area contributed by atoms with Gasteiger partial charge >= 0.3 is 0 Å². The molecule has 23 heavy (non-hydrogen) atoms. The number of hydrogen-bond acceptors (Lipinski definition) is 3. The van der Waals surface area contributed by atoms with Gasteiger partial charge < -0.3 is 15.0 Å². The molecule has 2 aliphatic rings. The molecule has 0 saturated carbocycles. The van der Waals surface area contributed by atoms with E-state index in [2.05, 4.69) is 10.2 Å². The lowest BCUT2D eigenvalue weighted by Gasteiger charge is -2.34. The number of rotatable bonds is 7. The molecule has 3 rings (SSSR count). The van der Waals surface area contributed by atoms with Crippen molar-refractivity contribution >= 4 is 5.69 Å². The summed E-state index contributed by atoms with van der Waals surface area (Å²) in [5, 5.41) is 3.70. The molecule has 1 atom stereocenters. The normalized spacial score (nSPS) is 22.7. The van der Waals surface area contributed by atoms with E-state index in [1.807, 2.05) is 12.1 Å². The predicted molar refractivity (Wildman–Crippen MR) is 92.5 cm³/mol. The molecule has 0 unspecified atom stereocenters. The van der Waals surface area contributed by atoms with Gasteiger partial charge in [0.05, 0.1) is 6.10 Å². The van der Waals surface area contributed by atoms with Crippen LogP contribution in [0.3, 0.4) is 0 Å². The fourth-order valence-corrected chi connectivity index (χ4v) is 3.67. The maximum Gasteiger partial charge on any atom is 0.123 e. The average molecular weight is 320 g/mol. The highest BCUT2D eigenvalue weighted by atomic mass is 19.1. The first-order chi connectivity index (χ1) is 11.3. The van der Waals surface area contributed by atoms with Crippen LogP contribution in [0.4, 0.5) is 10.1 Å². The summed E-state index contributed by atoms with van der Waals surface area (Å²) in [7, 11) is 0. The first-order valence-corrected chi connectivity index (χ1v) is 9.17. The number of nitrogens with one attached hydrogen (secondary N) is 1. The van der Waals surface area contributed by atoms with Crippen molar-refractivity contribution in [2.45, 2.75) is 57.1 Å². The number of benzene rings is 1. The van der Waals surface area contributed by atoms with Crippen LogP contribution in [0.15, 0.2) is 24.3 Å². The molecule has 1 aromatic rings. The number of halogens is 1. The summed E-state index contributed by atoms with van der Waals surface area (Å²) in [6.07, 6.45) is 9.13. The molecule has 0 radical (unpaired) electrons. The molecular weight excluding hydrogens is 291 g/mol. The Balaban J connectivity index is 1.28. The highest BCUT2D eigenvalue weighted by Gasteiger charge is 2.19. The van der Waals surface area contributed by atoms with Crippen LogP contribution < -0.4 is 10.2 Å². The fourth-order valence-electron chi connectivity index (χ4n) is 3.67. The Hall–Kier alpha value is -1.13. The van der Waals surface area contributed by atoms with E-state index in [9.17, 15) is 4.39 Å². The van der Waals surface area contributed by atoms with E-state index >= 15 is 0 Å². The smallest absolute Gasteiger partial charge is 0.123 e. The topological polar surface area (TPSA) is 24.5 Å². The van der Waals surface area contributed by atoms with E-state index in [4.69, 9.17) is 4.74 Å². The van der Waals surface area contributed by atoms with Gasteiger partial charge in [0.1, 0.15) is 5.82 Å². The molecule has 2 aliphatic heterocycles. The van der Waals surface area contributed by atoms with Crippen molar-refractivity contribution in [2.75, 3.05) is 31.1 Å². The van der Waals surface area contributed by atoms with Gasteiger partial charge in [-0.2, -0.15) is 0 Å². The molecule has 2 fully saturated rings. The van der Waals surface area contributed by atoms with Gasteiger partial charge in [0.15, 0.2) is 0 Å². The lowest BCUT2D eigenvalue weighted by molar-refractivity contribution is 0.102. The van der Waals surface area contributed by atoms with E-state index < -0.39 is 0 Å². The van der Waals surface area contributed by atoms with Crippen molar-refractivity contribution in [3.8, 4) is 0 Å². The molecule has 1 aromatic carbocycles. The monoisotopic (exact) mass is 320 g/mol. The fraction of sp³-hybridized carbons (Fsp3) is 0.684. The van der Waals surface area contributed by atoms with E-state index in [1.165, 1.54) is 44.9 Å². The molecule has 2 saturated heterocycles. The van der Waals surface area contributed by atoms with E-state index in [1.54, 1.807) is 12.1 Å². The summed E-state index contributed by atoms with van der Waals surface area (Å²) < 4.78 is 18.6. The summed E-state index contributed by atoms with van der Waals surface area (Å²) in [6.45, 7) is 4.20. The summed E-state index contributed by atoms with van der Waals surface area (Å²) >= 11 is 0.